The monoisotopic (exact) mass is 780 g/mol. The SMILES string of the molecule is Brc1c(-c2ccc3ccccc3c2)[se]c2c1CCCC2.Brc1c(-c2ccc3ccccc3c2)[se]c2c1CCCC2. The zero-order chi connectivity index (χ0) is 27.1. The van der Waals surface area contributed by atoms with Gasteiger partial charge in [-0.05, 0) is 0 Å². The summed E-state index contributed by atoms with van der Waals surface area (Å²) in [5.74, 6) is 0. The van der Waals surface area contributed by atoms with E-state index in [1.807, 2.05) is 0 Å². The Morgan fingerprint density at radius 1 is 0.450 bits per heavy atom. The van der Waals surface area contributed by atoms with Crippen LogP contribution in [-0.2, 0) is 25.7 Å². The van der Waals surface area contributed by atoms with Crippen LogP contribution in [0.15, 0.2) is 93.9 Å². The second kappa shape index (κ2) is 11.9. The van der Waals surface area contributed by atoms with Gasteiger partial charge in [-0.25, -0.2) is 0 Å². The molecule has 4 heteroatoms. The molecule has 0 amide bonds. The first-order valence-corrected chi connectivity index (χ1v) is 19.3. The van der Waals surface area contributed by atoms with E-state index >= 15 is 0 Å². The van der Waals surface area contributed by atoms with Crippen LogP contribution in [0.5, 0.6) is 0 Å². The van der Waals surface area contributed by atoms with Crippen LogP contribution in [0.2, 0.25) is 0 Å². The number of rotatable bonds is 2. The van der Waals surface area contributed by atoms with Crippen LogP contribution in [0.25, 0.3) is 41.5 Å². The second-order valence-electron chi connectivity index (χ2n) is 10.8. The molecule has 0 saturated heterocycles. The maximum absolute atomic E-state index is 3.88. The molecule has 0 nitrogen and oxygen atoms in total. The topological polar surface area (TPSA) is 0 Å². The van der Waals surface area contributed by atoms with Gasteiger partial charge in [-0.15, -0.1) is 0 Å². The number of hydrogen-bond donors (Lipinski definition) is 0. The molecular weight excluding hydrogens is 750 g/mol. The van der Waals surface area contributed by atoms with Gasteiger partial charge in [0, 0.05) is 0 Å². The normalized spacial score (nSPS) is 14.4. The van der Waals surface area contributed by atoms with Gasteiger partial charge in [0.25, 0.3) is 0 Å². The van der Waals surface area contributed by atoms with E-state index in [4.69, 9.17) is 0 Å². The Morgan fingerprint density at radius 2 is 0.850 bits per heavy atom. The van der Waals surface area contributed by atoms with Crippen molar-refractivity contribution in [1.82, 2.24) is 0 Å². The summed E-state index contributed by atoms with van der Waals surface area (Å²) in [6, 6.07) is 31.1. The molecule has 200 valence electrons. The third kappa shape index (κ3) is 5.33. The summed E-state index contributed by atoms with van der Waals surface area (Å²) < 4.78 is 9.38. The van der Waals surface area contributed by atoms with E-state index in [1.165, 1.54) is 93.0 Å². The van der Waals surface area contributed by atoms with Crippen molar-refractivity contribution in [3.63, 3.8) is 0 Å². The van der Waals surface area contributed by atoms with Gasteiger partial charge in [-0.3, -0.25) is 0 Å². The van der Waals surface area contributed by atoms with Gasteiger partial charge in [0.2, 0.25) is 0 Å². The van der Waals surface area contributed by atoms with E-state index < -0.39 is 0 Å². The molecule has 0 aliphatic heterocycles. The second-order valence-corrected chi connectivity index (χ2v) is 17.1. The Morgan fingerprint density at radius 3 is 1.27 bits per heavy atom. The average Bonchev–Trinajstić information content (AvgIpc) is 3.53. The molecular formula is C36H30Br2Se2. The molecule has 6 aromatic rings. The zero-order valence-corrected chi connectivity index (χ0v) is 28.9. The molecule has 0 radical (unpaired) electrons. The first-order valence-electron chi connectivity index (χ1n) is 14.2. The Labute approximate surface area is 265 Å². The number of fused-ring (bicyclic) bond motifs is 4. The Hall–Kier alpha value is -1.64. The van der Waals surface area contributed by atoms with E-state index in [1.54, 1.807) is 28.9 Å². The number of aryl methyl sites for hydroxylation is 2. The molecule has 0 unspecified atom stereocenters. The van der Waals surface area contributed by atoms with Crippen molar-refractivity contribution in [2.45, 2.75) is 51.4 Å². The minimum absolute atomic E-state index is 0.525. The molecule has 0 fully saturated rings. The Balaban J connectivity index is 0.000000132. The average molecular weight is 780 g/mol. The molecule has 4 aromatic carbocycles. The molecule has 40 heavy (non-hydrogen) atoms. The fourth-order valence-corrected chi connectivity index (χ4v) is 14.2. The molecule has 2 aliphatic carbocycles. The summed E-state index contributed by atoms with van der Waals surface area (Å²) >= 11 is 8.82. The third-order valence-corrected chi connectivity index (χ3v) is 16.8. The van der Waals surface area contributed by atoms with Gasteiger partial charge in [0.05, 0.1) is 0 Å². The zero-order valence-electron chi connectivity index (χ0n) is 22.3. The van der Waals surface area contributed by atoms with Crippen LogP contribution in [0.3, 0.4) is 0 Å². The fraction of sp³-hybridized carbons (Fsp3) is 0.222. The van der Waals surface area contributed by atoms with E-state index in [0.29, 0.717) is 29.0 Å². The summed E-state index contributed by atoms with van der Waals surface area (Å²) in [6.45, 7) is 0. The van der Waals surface area contributed by atoms with Crippen LogP contribution < -0.4 is 0 Å². The number of halogens is 2. The maximum atomic E-state index is 3.88. The number of hydrogen-bond acceptors (Lipinski definition) is 0. The van der Waals surface area contributed by atoms with E-state index in [9.17, 15) is 0 Å². The summed E-state index contributed by atoms with van der Waals surface area (Å²) in [5, 5.41) is 5.35. The van der Waals surface area contributed by atoms with Gasteiger partial charge >= 0.3 is 268 Å². The quantitative estimate of drug-likeness (QED) is 0.154. The molecule has 2 heterocycles. The van der Waals surface area contributed by atoms with Gasteiger partial charge in [-0.2, -0.15) is 0 Å². The van der Waals surface area contributed by atoms with E-state index in [0.717, 1.165) is 0 Å². The minimum atomic E-state index is 0.525. The summed E-state index contributed by atoms with van der Waals surface area (Å²) in [7, 11) is 0. The predicted molar refractivity (Wildman–Crippen MR) is 181 cm³/mol. The third-order valence-electron chi connectivity index (χ3n) is 8.24. The van der Waals surface area contributed by atoms with Crippen molar-refractivity contribution in [3.05, 3.63) is 114 Å². The molecule has 0 atom stereocenters. The van der Waals surface area contributed by atoms with Crippen molar-refractivity contribution in [3.8, 4) is 20.0 Å². The van der Waals surface area contributed by atoms with E-state index in [2.05, 4.69) is 117 Å². The van der Waals surface area contributed by atoms with Crippen LogP contribution in [0.4, 0.5) is 0 Å². The van der Waals surface area contributed by atoms with Gasteiger partial charge in [-0.1, -0.05) is 0 Å². The van der Waals surface area contributed by atoms with Gasteiger partial charge in [0.1, 0.15) is 0 Å². The molecule has 0 N–H and O–H groups in total. The van der Waals surface area contributed by atoms with Crippen LogP contribution >= 0.6 is 31.9 Å². The summed E-state index contributed by atoms with van der Waals surface area (Å²) in [5.41, 5.74) is 6.06. The molecule has 0 bridgehead atoms. The molecule has 8 rings (SSSR count). The van der Waals surface area contributed by atoms with Crippen molar-refractivity contribution in [1.29, 1.82) is 0 Å². The van der Waals surface area contributed by atoms with Crippen LogP contribution in [0.1, 0.15) is 45.7 Å². The van der Waals surface area contributed by atoms with Crippen molar-refractivity contribution in [2.24, 2.45) is 0 Å². The predicted octanol–water partition coefficient (Wildman–Crippen LogP) is 10.4. The van der Waals surface area contributed by atoms with Crippen molar-refractivity contribution >= 4 is 82.4 Å². The van der Waals surface area contributed by atoms with Crippen molar-refractivity contribution in [2.75, 3.05) is 0 Å². The molecule has 2 aromatic heterocycles. The first kappa shape index (κ1) is 27.2. The van der Waals surface area contributed by atoms with E-state index in [-0.39, 0.29) is 0 Å². The molecule has 0 saturated carbocycles. The number of benzene rings is 4. The summed E-state index contributed by atoms with van der Waals surface area (Å²) in [6.07, 6.45) is 10.7. The Kier molecular flexibility index (Phi) is 8.11. The van der Waals surface area contributed by atoms with Gasteiger partial charge < -0.3 is 0 Å². The van der Waals surface area contributed by atoms with Gasteiger partial charge in [0.15, 0.2) is 0 Å². The fourth-order valence-electron chi connectivity index (χ4n) is 6.09. The standard InChI is InChI=1S/2C18H15BrSe/c2*19-17-15-7-3-4-8-16(15)20-18(17)14-10-9-12-5-1-2-6-13(12)11-14/h2*1-2,5-6,9-11H,3-4,7-8H2. The van der Waals surface area contributed by atoms with Crippen LogP contribution in [-0.4, -0.2) is 29.0 Å². The first-order chi connectivity index (χ1) is 19.7. The molecule has 2 aliphatic rings. The summed E-state index contributed by atoms with van der Waals surface area (Å²) in [4.78, 5) is 0. The van der Waals surface area contributed by atoms with Crippen molar-refractivity contribution < 1.29 is 0 Å². The Bertz CT molecular complexity index is 1710. The van der Waals surface area contributed by atoms with Crippen LogP contribution in [0, 0.1) is 0 Å². The molecule has 0 spiro atoms.